The summed E-state index contributed by atoms with van der Waals surface area (Å²) in [6, 6.07) is 0. The number of carbonyl (C=O) groups excluding carboxylic acids is 3. The minimum absolute atomic E-state index is 0.0848. The highest BCUT2D eigenvalue weighted by atomic mass is 16.6. The first-order chi connectivity index (χ1) is 39.5. The van der Waals surface area contributed by atoms with Crippen molar-refractivity contribution in [3.8, 4) is 0 Å². The fourth-order valence-electron chi connectivity index (χ4n) is 9.26. The molecule has 0 bridgehead atoms. The summed E-state index contributed by atoms with van der Waals surface area (Å²) in [5.74, 6) is -0.897. The lowest BCUT2D eigenvalue weighted by Gasteiger charge is -2.18. The van der Waals surface area contributed by atoms with E-state index in [0.717, 1.165) is 135 Å². The molecule has 0 aliphatic carbocycles. The summed E-state index contributed by atoms with van der Waals surface area (Å²) in [5.41, 5.74) is 0. The zero-order valence-electron chi connectivity index (χ0n) is 52.3. The van der Waals surface area contributed by atoms with Gasteiger partial charge in [0, 0.05) is 19.3 Å². The molecule has 6 heteroatoms. The van der Waals surface area contributed by atoms with Gasteiger partial charge in [-0.3, -0.25) is 14.4 Å². The molecule has 0 N–H and O–H groups in total. The third-order valence-corrected chi connectivity index (χ3v) is 14.2. The molecule has 0 heterocycles. The standard InChI is InChI=1S/C74H124O6/c1-4-7-10-13-16-19-22-25-28-31-32-33-34-35-36-37-38-39-40-41-42-44-46-49-52-55-58-61-64-67-73(76)79-70-71(69-78-72(75)66-63-60-57-54-51-48-45-30-27-24-21-18-15-12-9-6-3)80-74(77)68-65-62-59-56-53-50-47-43-29-26-23-20-17-14-11-8-5-2/h7-8,10-11,16-17,19-20,25-26,28-29,32-33,35-36,38-39,41-42,71H,4-6,9,12-15,18,21-24,27,30-31,34,37,40,43-70H2,1-3H3/b10-7-,11-8-,19-16-,20-17-,28-25-,29-26-,33-32-,36-35-,39-38-,42-41-. The molecule has 6 nitrogen and oxygen atoms in total. The second kappa shape index (κ2) is 67.3. The van der Waals surface area contributed by atoms with Crippen molar-refractivity contribution >= 4 is 17.9 Å². The minimum atomic E-state index is -0.791. The maximum absolute atomic E-state index is 12.9. The Bertz CT molecular complexity index is 1650. The van der Waals surface area contributed by atoms with E-state index >= 15 is 0 Å². The van der Waals surface area contributed by atoms with Gasteiger partial charge in [-0.1, -0.05) is 303 Å². The van der Waals surface area contributed by atoms with Crippen LogP contribution < -0.4 is 0 Å². The first-order valence-electron chi connectivity index (χ1n) is 33.5. The summed E-state index contributed by atoms with van der Waals surface area (Å²) in [4.78, 5) is 38.4. The van der Waals surface area contributed by atoms with Gasteiger partial charge in [0.2, 0.25) is 0 Å². The summed E-state index contributed by atoms with van der Waals surface area (Å²) >= 11 is 0. The van der Waals surface area contributed by atoms with E-state index in [4.69, 9.17) is 14.2 Å². The Morgan fingerprint density at radius 3 is 0.762 bits per heavy atom. The molecule has 0 radical (unpaired) electrons. The van der Waals surface area contributed by atoms with E-state index in [9.17, 15) is 14.4 Å². The Morgan fingerprint density at radius 2 is 0.487 bits per heavy atom. The van der Waals surface area contributed by atoms with E-state index in [2.05, 4.69) is 142 Å². The van der Waals surface area contributed by atoms with Crippen molar-refractivity contribution in [1.82, 2.24) is 0 Å². The number of hydrogen-bond donors (Lipinski definition) is 0. The molecule has 0 aromatic carbocycles. The van der Waals surface area contributed by atoms with Crippen molar-refractivity contribution in [3.63, 3.8) is 0 Å². The number of ether oxygens (including phenoxy) is 3. The Hall–Kier alpha value is -4.19. The van der Waals surface area contributed by atoms with Crippen molar-refractivity contribution in [2.45, 2.75) is 316 Å². The van der Waals surface area contributed by atoms with Crippen LogP contribution >= 0.6 is 0 Å². The number of hydrogen-bond acceptors (Lipinski definition) is 6. The van der Waals surface area contributed by atoms with Gasteiger partial charge in [0.1, 0.15) is 13.2 Å². The third kappa shape index (κ3) is 64.6. The molecule has 456 valence electrons. The van der Waals surface area contributed by atoms with Gasteiger partial charge in [0.25, 0.3) is 0 Å². The molecule has 80 heavy (non-hydrogen) atoms. The van der Waals surface area contributed by atoms with Crippen LogP contribution in [0.25, 0.3) is 0 Å². The maximum Gasteiger partial charge on any atom is 0.306 e. The van der Waals surface area contributed by atoms with Crippen molar-refractivity contribution in [1.29, 1.82) is 0 Å². The third-order valence-electron chi connectivity index (χ3n) is 14.2. The summed E-state index contributed by atoms with van der Waals surface area (Å²) in [7, 11) is 0. The van der Waals surface area contributed by atoms with E-state index in [1.807, 2.05) is 0 Å². The predicted octanol–water partition coefficient (Wildman–Crippen LogP) is 23.2. The second-order valence-corrected chi connectivity index (χ2v) is 22.0. The van der Waals surface area contributed by atoms with Crippen LogP contribution in [-0.4, -0.2) is 37.2 Å². The number of allylic oxidation sites excluding steroid dienone is 20. The highest BCUT2D eigenvalue weighted by Crippen LogP contribution is 2.16. The molecule has 0 fully saturated rings. The van der Waals surface area contributed by atoms with Crippen LogP contribution in [0.4, 0.5) is 0 Å². The molecule has 0 rings (SSSR count). The monoisotopic (exact) mass is 1110 g/mol. The van der Waals surface area contributed by atoms with Gasteiger partial charge in [0.15, 0.2) is 6.10 Å². The fraction of sp³-hybridized carbons (Fsp3) is 0.689. The molecule has 0 aliphatic rings. The number of unbranched alkanes of at least 4 members (excludes halogenated alkanes) is 29. The van der Waals surface area contributed by atoms with Crippen LogP contribution in [0.2, 0.25) is 0 Å². The molecule has 0 saturated heterocycles. The van der Waals surface area contributed by atoms with Gasteiger partial charge < -0.3 is 14.2 Å². The maximum atomic E-state index is 12.9. The number of rotatable bonds is 60. The van der Waals surface area contributed by atoms with Gasteiger partial charge in [0.05, 0.1) is 0 Å². The van der Waals surface area contributed by atoms with E-state index in [1.165, 1.54) is 135 Å². The van der Waals surface area contributed by atoms with E-state index in [0.29, 0.717) is 19.3 Å². The SMILES string of the molecule is CC/C=C\C/C=C\C/C=C\C/C=C\C/C=C\C/C=C\C/C=C\CCCCCCCCCC(=O)OCC(COC(=O)CCCCCCCCCCCCCCCCCC)OC(=O)CCCCCCCCC/C=C\C/C=C\C/C=C\CC. The summed E-state index contributed by atoms with van der Waals surface area (Å²) in [6.07, 6.45) is 93.5. The van der Waals surface area contributed by atoms with E-state index in [-0.39, 0.29) is 31.1 Å². The van der Waals surface area contributed by atoms with Gasteiger partial charge >= 0.3 is 17.9 Å². The summed E-state index contributed by atoms with van der Waals surface area (Å²) < 4.78 is 16.9. The zero-order chi connectivity index (χ0) is 57.8. The summed E-state index contributed by atoms with van der Waals surface area (Å²) in [6.45, 7) is 6.43. The molecule has 1 atom stereocenters. The molecular formula is C74H124O6. The smallest absolute Gasteiger partial charge is 0.306 e. The molecule has 0 saturated carbocycles. The largest absolute Gasteiger partial charge is 0.462 e. The van der Waals surface area contributed by atoms with Gasteiger partial charge in [-0.05, 0) is 109 Å². The van der Waals surface area contributed by atoms with E-state index in [1.54, 1.807) is 0 Å². The lowest BCUT2D eigenvalue weighted by atomic mass is 10.0. The van der Waals surface area contributed by atoms with Crippen LogP contribution in [0.3, 0.4) is 0 Å². The van der Waals surface area contributed by atoms with Crippen LogP contribution in [-0.2, 0) is 28.6 Å². The Morgan fingerprint density at radius 1 is 0.263 bits per heavy atom. The van der Waals surface area contributed by atoms with Crippen LogP contribution in [0, 0.1) is 0 Å². The average Bonchev–Trinajstić information content (AvgIpc) is 3.46. The lowest BCUT2D eigenvalue weighted by molar-refractivity contribution is -0.167. The highest BCUT2D eigenvalue weighted by Gasteiger charge is 2.19. The van der Waals surface area contributed by atoms with Gasteiger partial charge in [-0.15, -0.1) is 0 Å². The number of carbonyl (C=O) groups is 3. The molecule has 0 amide bonds. The van der Waals surface area contributed by atoms with Crippen LogP contribution in [0.1, 0.15) is 310 Å². The Kier molecular flexibility index (Phi) is 63.8. The number of esters is 3. The van der Waals surface area contributed by atoms with E-state index < -0.39 is 6.10 Å². The fourth-order valence-corrected chi connectivity index (χ4v) is 9.26. The first kappa shape index (κ1) is 75.8. The molecule has 1 unspecified atom stereocenters. The van der Waals surface area contributed by atoms with Crippen molar-refractivity contribution < 1.29 is 28.6 Å². The lowest BCUT2D eigenvalue weighted by Crippen LogP contribution is -2.30. The van der Waals surface area contributed by atoms with Crippen molar-refractivity contribution in [2.75, 3.05) is 13.2 Å². The Labute approximate surface area is 494 Å². The van der Waals surface area contributed by atoms with Crippen molar-refractivity contribution in [2.24, 2.45) is 0 Å². The normalized spacial score (nSPS) is 12.9. The molecular weight excluding hydrogens is 985 g/mol. The van der Waals surface area contributed by atoms with Gasteiger partial charge in [-0.25, -0.2) is 0 Å². The van der Waals surface area contributed by atoms with Gasteiger partial charge in [-0.2, -0.15) is 0 Å². The minimum Gasteiger partial charge on any atom is -0.462 e. The topological polar surface area (TPSA) is 78.9 Å². The second-order valence-electron chi connectivity index (χ2n) is 22.0. The predicted molar refractivity (Wildman–Crippen MR) is 348 cm³/mol. The van der Waals surface area contributed by atoms with Crippen LogP contribution in [0.5, 0.6) is 0 Å². The zero-order valence-corrected chi connectivity index (χ0v) is 52.3. The first-order valence-corrected chi connectivity index (χ1v) is 33.5. The molecule has 0 aromatic rings. The van der Waals surface area contributed by atoms with Crippen molar-refractivity contribution in [3.05, 3.63) is 122 Å². The average molecular weight is 1110 g/mol. The molecule has 0 aromatic heterocycles. The molecule has 0 aliphatic heterocycles. The summed E-state index contributed by atoms with van der Waals surface area (Å²) in [5, 5.41) is 0. The highest BCUT2D eigenvalue weighted by molar-refractivity contribution is 5.71. The van der Waals surface area contributed by atoms with Crippen LogP contribution in [0.15, 0.2) is 122 Å². The quantitative estimate of drug-likeness (QED) is 0.0261. The Balaban J connectivity index is 4.36. The molecule has 0 spiro atoms.